The highest BCUT2D eigenvalue weighted by Crippen LogP contribution is 2.43. The maximum atomic E-state index is 12.6. The van der Waals surface area contributed by atoms with Gasteiger partial charge in [0.1, 0.15) is 0 Å². The first kappa shape index (κ1) is 20.9. The van der Waals surface area contributed by atoms with Crippen molar-refractivity contribution in [3.63, 3.8) is 0 Å². The van der Waals surface area contributed by atoms with Gasteiger partial charge in [0.2, 0.25) is 11.8 Å². The van der Waals surface area contributed by atoms with E-state index in [4.69, 9.17) is 11.5 Å². The van der Waals surface area contributed by atoms with E-state index in [1.54, 1.807) is 0 Å². The molecule has 0 saturated carbocycles. The topological polar surface area (TPSA) is 110 Å². The van der Waals surface area contributed by atoms with Gasteiger partial charge in [-0.25, -0.2) is 0 Å². The van der Waals surface area contributed by atoms with Crippen LogP contribution >= 0.6 is 0 Å². The third kappa shape index (κ3) is 5.93. The largest absolute Gasteiger partial charge is 0.354 e. The molecule has 2 unspecified atom stereocenters. The Hall–Kier alpha value is -1.14. The highest BCUT2D eigenvalue weighted by molar-refractivity contribution is 5.83. The third-order valence-electron chi connectivity index (χ3n) is 4.27. The van der Waals surface area contributed by atoms with Gasteiger partial charge in [-0.3, -0.25) is 9.59 Å². The average molecular weight is 314 g/mol. The lowest BCUT2D eigenvalue weighted by molar-refractivity contribution is -0.137. The molecule has 0 heterocycles. The predicted octanol–water partition coefficient (Wildman–Crippen LogP) is 0.603. The van der Waals surface area contributed by atoms with Gasteiger partial charge in [0.05, 0.1) is 11.5 Å². The van der Waals surface area contributed by atoms with E-state index in [1.807, 2.05) is 6.92 Å². The Morgan fingerprint density at radius 3 is 1.95 bits per heavy atom. The van der Waals surface area contributed by atoms with Crippen molar-refractivity contribution in [3.05, 3.63) is 0 Å². The fraction of sp³-hybridized carbons (Fsp3) is 0.875. The molecule has 0 radical (unpaired) electrons. The molecule has 0 spiro atoms. The predicted molar refractivity (Wildman–Crippen MR) is 90.1 cm³/mol. The number of nitrogens with two attached hydrogens (primary N) is 2. The van der Waals surface area contributed by atoms with Crippen molar-refractivity contribution in [1.82, 2.24) is 10.6 Å². The molecule has 6 nitrogen and oxygen atoms in total. The second kappa shape index (κ2) is 8.48. The lowest BCUT2D eigenvalue weighted by Crippen LogP contribution is -2.51. The van der Waals surface area contributed by atoms with Crippen molar-refractivity contribution in [2.45, 2.75) is 54.0 Å². The van der Waals surface area contributed by atoms with Crippen LogP contribution in [0, 0.1) is 16.7 Å². The summed E-state index contributed by atoms with van der Waals surface area (Å²) in [4.78, 5) is 24.1. The smallest absolute Gasteiger partial charge is 0.238 e. The zero-order chi connectivity index (χ0) is 17.6. The SMILES string of the molecule is CC(C)CC(C)(C(=O)NCCNC(=O)C(N)CN)C(C)(C)C. The molecule has 0 aromatic heterocycles. The molecule has 6 N–H and O–H groups in total. The standard InChI is InChI=1S/C16H34N4O2/c1-11(2)9-16(6,15(3,4)5)14(22)20-8-7-19-13(21)12(18)10-17/h11-12H,7-10,17-18H2,1-6H3,(H,19,21)(H,20,22). The van der Waals surface area contributed by atoms with Crippen LogP contribution in [0.25, 0.3) is 0 Å². The maximum Gasteiger partial charge on any atom is 0.238 e. The maximum absolute atomic E-state index is 12.6. The van der Waals surface area contributed by atoms with Crippen LogP contribution in [0.5, 0.6) is 0 Å². The Kier molecular flexibility index (Phi) is 8.04. The lowest BCUT2D eigenvalue weighted by atomic mass is 9.63. The van der Waals surface area contributed by atoms with E-state index in [9.17, 15) is 9.59 Å². The van der Waals surface area contributed by atoms with Gasteiger partial charge < -0.3 is 22.1 Å². The second-order valence-electron chi connectivity index (χ2n) is 7.57. The van der Waals surface area contributed by atoms with Gasteiger partial charge in [0, 0.05) is 19.6 Å². The Morgan fingerprint density at radius 1 is 1.05 bits per heavy atom. The molecule has 0 aliphatic carbocycles. The highest BCUT2D eigenvalue weighted by atomic mass is 16.2. The molecule has 6 heteroatoms. The molecule has 2 atom stereocenters. The molecule has 0 aromatic rings. The summed E-state index contributed by atoms with van der Waals surface area (Å²) in [7, 11) is 0. The summed E-state index contributed by atoms with van der Waals surface area (Å²) in [5.74, 6) is 0.154. The summed E-state index contributed by atoms with van der Waals surface area (Å²) in [6.45, 7) is 13.3. The van der Waals surface area contributed by atoms with E-state index in [0.29, 0.717) is 19.0 Å². The third-order valence-corrected chi connectivity index (χ3v) is 4.27. The number of carbonyl (C=O) groups is 2. The van der Waals surface area contributed by atoms with Crippen molar-refractivity contribution in [2.75, 3.05) is 19.6 Å². The zero-order valence-electron chi connectivity index (χ0n) is 15.0. The van der Waals surface area contributed by atoms with Gasteiger partial charge in [-0.15, -0.1) is 0 Å². The van der Waals surface area contributed by atoms with Crippen LogP contribution in [0.4, 0.5) is 0 Å². The minimum atomic E-state index is -0.698. The van der Waals surface area contributed by atoms with Gasteiger partial charge in [0.15, 0.2) is 0 Å². The summed E-state index contributed by atoms with van der Waals surface area (Å²) >= 11 is 0. The zero-order valence-corrected chi connectivity index (χ0v) is 15.0. The Morgan fingerprint density at radius 2 is 1.55 bits per heavy atom. The Labute approximate surface area is 134 Å². The quantitative estimate of drug-likeness (QED) is 0.492. The van der Waals surface area contributed by atoms with Crippen molar-refractivity contribution in [3.8, 4) is 0 Å². The molecule has 130 valence electrons. The summed E-state index contributed by atoms with van der Waals surface area (Å²) in [5, 5.41) is 5.58. The van der Waals surface area contributed by atoms with Crippen molar-refractivity contribution < 1.29 is 9.59 Å². The first-order valence-electron chi connectivity index (χ1n) is 7.97. The first-order chi connectivity index (χ1) is 9.95. The molecule has 0 saturated heterocycles. The minimum absolute atomic E-state index is 0.0195. The number of carbonyl (C=O) groups excluding carboxylic acids is 2. The molecule has 0 aliphatic heterocycles. The van der Waals surface area contributed by atoms with Gasteiger partial charge in [-0.1, -0.05) is 41.5 Å². The van der Waals surface area contributed by atoms with Crippen molar-refractivity contribution >= 4 is 11.8 Å². The molecule has 2 amide bonds. The summed E-state index contributed by atoms with van der Waals surface area (Å²) in [6.07, 6.45) is 0.812. The van der Waals surface area contributed by atoms with E-state index < -0.39 is 11.5 Å². The monoisotopic (exact) mass is 314 g/mol. The molecule has 22 heavy (non-hydrogen) atoms. The first-order valence-corrected chi connectivity index (χ1v) is 7.97. The molecule has 0 bridgehead atoms. The minimum Gasteiger partial charge on any atom is -0.354 e. The van der Waals surface area contributed by atoms with E-state index in [0.717, 1.165) is 6.42 Å². The van der Waals surface area contributed by atoms with Crippen LogP contribution in [0.1, 0.15) is 48.0 Å². The molecule has 0 aliphatic rings. The average Bonchev–Trinajstić information content (AvgIpc) is 2.39. The van der Waals surface area contributed by atoms with E-state index in [-0.39, 0.29) is 23.8 Å². The molecular formula is C16H34N4O2. The van der Waals surface area contributed by atoms with Crippen LogP contribution in [-0.4, -0.2) is 37.5 Å². The number of rotatable bonds is 8. The van der Waals surface area contributed by atoms with Crippen LogP contribution in [-0.2, 0) is 9.59 Å². The van der Waals surface area contributed by atoms with Gasteiger partial charge in [-0.05, 0) is 17.8 Å². The van der Waals surface area contributed by atoms with Gasteiger partial charge in [-0.2, -0.15) is 0 Å². The van der Waals surface area contributed by atoms with E-state index >= 15 is 0 Å². The van der Waals surface area contributed by atoms with Crippen molar-refractivity contribution in [2.24, 2.45) is 28.2 Å². The van der Waals surface area contributed by atoms with E-state index in [1.165, 1.54) is 0 Å². The molecular weight excluding hydrogens is 280 g/mol. The fourth-order valence-corrected chi connectivity index (χ4v) is 2.35. The second-order valence-corrected chi connectivity index (χ2v) is 7.57. The van der Waals surface area contributed by atoms with Gasteiger partial charge >= 0.3 is 0 Å². The summed E-state index contributed by atoms with van der Waals surface area (Å²) in [5.41, 5.74) is 10.2. The van der Waals surface area contributed by atoms with Gasteiger partial charge in [0.25, 0.3) is 0 Å². The Balaban J connectivity index is 4.52. The number of hydrogen-bond acceptors (Lipinski definition) is 4. The van der Waals surface area contributed by atoms with Crippen LogP contribution in [0.2, 0.25) is 0 Å². The molecule has 0 aromatic carbocycles. The number of amides is 2. The summed E-state index contributed by atoms with van der Waals surface area (Å²) in [6, 6.07) is -0.698. The lowest BCUT2D eigenvalue weighted by Gasteiger charge is -2.41. The van der Waals surface area contributed by atoms with Crippen LogP contribution in [0.3, 0.4) is 0 Å². The van der Waals surface area contributed by atoms with Crippen LogP contribution < -0.4 is 22.1 Å². The highest BCUT2D eigenvalue weighted by Gasteiger charge is 2.44. The number of hydrogen-bond donors (Lipinski definition) is 4. The molecule has 0 rings (SSSR count). The molecule has 0 fully saturated rings. The van der Waals surface area contributed by atoms with Crippen molar-refractivity contribution in [1.29, 1.82) is 0 Å². The normalized spacial score (nSPS) is 16.0. The fourth-order valence-electron chi connectivity index (χ4n) is 2.35. The van der Waals surface area contributed by atoms with Crippen LogP contribution in [0.15, 0.2) is 0 Å². The van der Waals surface area contributed by atoms with E-state index in [2.05, 4.69) is 45.3 Å². The Bertz CT molecular complexity index is 377. The number of nitrogens with one attached hydrogen (secondary N) is 2. The summed E-state index contributed by atoms with van der Waals surface area (Å²) < 4.78 is 0.